The average Bonchev–Trinajstić information content (AvgIpc) is 2.52. The molecule has 6 nitrogen and oxygen atoms in total. The van der Waals surface area contributed by atoms with E-state index in [2.05, 4.69) is 4.98 Å². The smallest absolute Gasteiger partial charge is 0.313 e. The largest absolute Gasteiger partial charge is 0.396 e. The molecule has 0 aliphatic rings. The molecule has 0 unspecified atom stereocenters. The highest BCUT2D eigenvalue weighted by Crippen LogP contribution is 2.34. The second kappa shape index (κ2) is 7.20. The number of benzene rings is 1. The summed E-state index contributed by atoms with van der Waals surface area (Å²) in [7, 11) is 1.72. The third-order valence-electron chi connectivity index (χ3n) is 3.40. The van der Waals surface area contributed by atoms with E-state index < -0.39 is 4.92 Å². The van der Waals surface area contributed by atoms with E-state index >= 15 is 0 Å². The first-order chi connectivity index (χ1) is 10.5. The number of rotatable bonds is 6. The van der Waals surface area contributed by atoms with Crippen LogP contribution in [0.4, 0.5) is 11.5 Å². The normalized spacial score (nSPS) is 12.0. The van der Waals surface area contributed by atoms with Crippen molar-refractivity contribution in [2.24, 2.45) is 0 Å². The Hall–Kier alpha value is -2.18. The van der Waals surface area contributed by atoms with Crippen LogP contribution in [0.2, 0.25) is 5.02 Å². The molecule has 22 heavy (non-hydrogen) atoms. The average molecular weight is 322 g/mol. The summed E-state index contributed by atoms with van der Waals surface area (Å²) in [6, 6.07) is 10.5. The second-order valence-corrected chi connectivity index (χ2v) is 5.24. The maximum atomic E-state index is 11.2. The minimum Gasteiger partial charge on any atom is -0.396 e. The van der Waals surface area contributed by atoms with Gasteiger partial charge in [0.2, 0.25) is 5.82 Å². The summed E-state index contributed by atoms with van der Waals surface area (Å²) in [5, 5.41) is 20.8. The van der Waals surface area contributed by atoms with Gasteiger partial charge in [0, 0.05) is 25.9 Å². The quantitative estimate of drug-likeness (QED) is 0.653. The third-order valence-corrected chi connectivity index (χ3v) is 3.61. The van der Waals surface area contributed by atoms with Gasteiger partial charge in [0.15, 0.2) is 0 Å². The summed E-state index contributed by atoms with van der Waals surface area (Å²) >= 11 is 5.80. The maximum absolute atomic E-state index is 11.2. The molecular formula is C15H16ClN3O3. The fraction of sp³-hybridized carbons (Fsp3) is 0.267. The lowest BCUT2D eigenvalue weighted by Gasteiger charge is -2.28. The molecular weight excluding hydrogens is 306 g/mol. The number of aliphatic hydroxyl groups is 1. The summed E-state index contributed by atoms with van der Waals surface area (Å²) < 4.78 is 0. The van der Waals surface area contributed by atoms with Crippen molar-refractivity contribution in [2.45, 2.75) is 12.5 Å². The molecule has 0 aliphatic heterocycles. The molecule has 0 fully saturated rings. The Morgan fingerprint density at radius 3 is 2.68 bits per heavy atom. The number of aliphatic hydroxyl groups excluding tert-OH is 1. The van der Waals surface area contributed by atoms with Gasteiger partial charge in [0.25, 0.3) is 0 Å². The van der Waals surface area contributed by atoms with Gasteiger partial charge in [-0.1, -0.05) is 41.9 Å². The van der Waals surface area contributed by atoms with Crippen LogP contribution in [0, 0.1) is 10.1 Å². The molecule has 1 aromatic heterocycles. The van der Waals surface area contributed by atoms with E-state index in [1.807, 2.05) is 30.3 Å². The molecule has 2 rings (SSSR count). The van der Waals surface area contributed by atoms with Gasteiger partial charge >= 0.3 is 5.69 Å². The van der Waals surface area contributed by atoms with Crippen LogP contribution in [0.3, 0.4) is 0 Å². The van der Waals surface area contributed by atoms with Crippen molar-refractivity contribution in [2.75, 3.05) is 18.6 Å². The summed E-state index contributed by atoms with van der Waals surface area (Å²) in [5.41, 5.74) is 0.791. The highest BCUT2D eigenvalue weighted by Gasteiger charge is 2.25. The van der Waals surface area contributed by atoms with Crippen molar-refractivity contribution in [1.82, 2.24) is 4.98 Å². The Bertz CT molecular complexity index is 652. The molecule has 1 heterocycles. The van der Waals surface area contributed by atoms with E-state index in [0.29, 0.717) is 6.42 Å². The van der Waals surface area contributed by atoms with Crippen molar-refractivity contribution in [3.05, 3.63) is 63.3 Å². The van der Waals surface area contributed by atoms with Crippen LogP contribution < -0.4 is 4.90 Å². The number of hydrogen-bond acceptors (Lipinski definition) is 5. The van der Waals surface area contributed by atoms with Crippen LogP contribution in [0.15, 0.2) is 42.6 Å². The molecule has 0 bridgehead atoms. The van der Waals surface area contributed by atoms with Gasteiger partial charge in [0.1, 0.15) is 0 Å². The standard InChI is InChI=1S/C15H16ClN3O3/c1-18(13(7-8-20)11-5-3-2-4-6-11)15-14(19(21)22)9-12(16)10-17-15/h2-6,9-10,13,20H,7-8H2,1H3/t13-/m0/s1. The minimum absolute atomic E-state index is 0.0364. The lowest BCUT2D eigenvalue weighted by Crippen LogP contribution is -2.26. The van der Waals surface area contributed by atoms with Crippen LogP contribution in [-0.2, 0) is 0 Å². The number of anilines is 1. The van der Waals surface area contributed by atoms with Crippen LogP contribution in [0.25, 0.3) is 0 Å². The topological polar surface area (TPSA) is 79.5 Å². The van der Waals surface area contributed by atoms with Gasteiger partial charge < -0.3 is 10.0 Å². The van der Waals surface area contributed by atoms with Crippen LogP contribution in [0.5, 0.6) is 0 Å². The van der Waals surface area contributed by atoms with Crippen molar-refractivity contribution in [3.63, 3.8) is 0 Å². The van der Waals surface area contributed by atoms with Gasteiger partial charge in [0.05, 0.1) is 16.0 Å². The number of halogens is 1. The van der Waals surface area contributed by atoms with Gasteiger partial charge in [-0.25, -0.2) is 4.98 Å². The second-order valence-electron chi connectivity index (χ2n) is 4.80. The molecule has 0 aliphatic carbocycles. The zero-order valence-corrected chi connectivity index (χ0v) is 12.8. The minimum atomic E-state index is -0.508. The number of nitro groups is 1. The van der Waals surface area contributed by atoms with E-state index in [9.17, 15) is 15.2 Å². The van der Waals surface area contributed by atoms with Crippen LogP contribution >= 0.6 is 11.6 Å². The van der Waals surface area contributed by atoms with E-state index in [0.717, 1.165) is 5.56 Å². The number of hydrogen-bond donors (Lipinski definition) is 1. The molecule has 1 aromatic carbocycles. The van der Waals surface area contributed by atoms with Gasteiger partial charge in [-0.15, -0.1) is 0 Å². The van der Waals surface area contributed by atoms with E-state index in [4.69, 9.17) is 11.6 Å². The summed E-state index contributed by atoms with van der Waals surface area (Å²) in [6.07, 6.45) is 1.81. The fourth-order valence-corrected chi connectivity index (χ4v) is 2.51. The zero-order chi connectivity index (χ0) is 16.1. The van der Waals surface area contributed by atoms with Crippen LogP contribution in [0.1, 0.15) is 18.0 Å². The van der Waals surface area contributed by atoms with Gasteiger partial charge in [-0.05, 0) is 12.0 Å². The van der Waals surface area contributed by atoms with Gasteiger partial charge in [-0.2, -0.15) is 0 Å². The van der Waals surface area contributed by atoms with Crippen molar-refractivity contribution >= 4 is 23.1 Å². The molecule has 116 valence electrons. The Balaban J connectivity index is 2.43. The Morgan fingerprint density at radius 1 is 1.41 bits per heavy atom. The first-order valence-electron chi connectivity index (χ1n) is 6.73. The van der Waals surface area contributed by atoms with Crippen molar-refractivity contribution < 1.29 is 10.0 Å². The fourth-order valence-electron chi connectivity index (χ4n) is 2.36. The first kappa shape index (κ1) is 16.2. The predicted octanol–water partition coefficient (Wildman–Crippen LogP) is 3.20. The van der Waals surface area contributed by atoms with E-state index in [-0.39, 0.29) is 29.2 Å². The summed E-state index contributed by atoms with van der Waals surface area (Å²) in [6.45, 7) is -0.0364. The molecule has 0 saturated carbocycles. The van der Waals surface area contributed by atoms with Crippen LogP contribution in [-0.4, -0.2) is 28.7 Å². The summed E-state index contributed by atoms with van der Waals surface area (Å²) in [5.74, 6) is 0.219. The Labute approximate surface area is 133 Å². The summed E-state index contributed by atoms with van der Waals surface area (Å²) in [4.78, 5) is 16.5. The maximum Gasteiger partial charge on any atom is 0.313 e. The van der Waals surface area contributed by atoms with Crippen molar-refractivity contribution in [1.29, 1.82) is 0 Å². The molecule has 0 spiro atoms. The zero-order valence-electron chi connectivity index (χ0n) is 12.0. The molecule has 0 saturated heterocycles. The van der Waals surface area contributed by atoms with Crippen molar-refractivity contribution in [3.8, 4) is 0 Å². The number of aromatic nitrogens is 1. The third kappa shape index (κ3) is 3.52. The number of nitrogens with zero attached hydrogens (tertiary/aromatic N) is 3. The molecule has 2 aromatic rings. The van der Waals surface area contributed by atoms with Gasteiger partial charge in [-0.3, -0.25) is 10.1 Å². The van der Waals surface area contributed by atoms with E-state index in [1.54, 1.807) is 11.9 Å². The molecule has 0 radical (unpaired) electrons. The predicted molar refractivity (Wildman–Crippen MR) is 85.2 cm³/mol. The Kier molecular flexibility index (Phi) is 5.30. The molecule has 1 N–H and O–H groups in total. The SMILES string of the molecule is CN(c1ncc(Cl)cc1[N+](=O)[O-])[C@@H](CCO)c1ccccc1. The molecule has 1 atom stereocenters. The highest BCUT2D eigenvalue weighted by atomic mass is 35.5. The molecule has 0 amide bonds. The first-order valence-corrected chi connectivity index (χ1v) is 7.11. The lowest BCUT2D eigenvalue weighted by molar-refractivity contribution is -0.384. The Morgan fingerprint density at radius 2 is 2.09 bits per heavy atom. The van der Waals surface area contributed by atoms with E-state index in [1.165, 1.54) is 12.3 Å². The number of pyridine rings is 1. The lowest BCUT2D eigenvalue weighted by atomic mass is 10.0. The molecule has 7 heteroatoms. The highest BCUT2D eigenvalue weighted by molar-refractivity contribution is 6.30. The monoisotopic (exact) mass is 321 g/mol.